The third-order valence-electron chi connectivity index (χ3n) is 3.38. The SMILES string of the molecule is CC1CCNC(CCc2ccccc2)C1. The molecule has 1 N–H and O–H groups in total. The third kappa shape index (κ3) is 3.35. The molecule has 82 valence electrons. The van der Waals surface area contributed by atoms with Gasteiger partial charge < -0.3 is 5.32 Å². The minimum absolute atomic E-state index is 0.744. The molecule has 1 heteroatoms. The van der Waals surface area contributed by atoms with E-state index >= 15 is 0 Å². The molecule has 0 aliphatic carbocycles. The highest BCUT2D eigenvalue weighted by atomic mass is 14.9. The molecule has 2 unspecified atom stereocenters. The summed E-state index contributed by atoms with van der Waals surface area (Å²) in [6.07, 6.45) is 5.20. The lowest BCUT2D eigenvalue weighted by Gasteiger charge is -2.28. The lowest BCUT2D eigenvalue weighted by molar-refractivity contribution is 0.308. The number of hydrogen-bond acceptors (Lipinski definition) is 1. The van der Waals surface area contributed by atoms with Gasteiger partial charge in [-0.15, -0.1) is 0 Å². The van der Waals surface area contributed by atoms with E-state index in [0.717, 1.165) is 12.0 Å². The Morgan fingerprint density at radius 1 is 1.27 bits per heavy atom. The number of benzene rings is 1. The van der Waals surface area contributed by atoms with Gasteiger partial charge in [0.25, 0.3) is 0 Å². The highest BCUT2D eigenvalue weighted by Gasteiger charge is 2.17. The van der Waals surface area contributed by atoms with E-state index in [-0.39, 0.29) is 0 Å². The fourth-order valence-electron chi connectivity index (χ4n) is 2.43. The van der Waals surface area contributed by atoms with Crippen LogP contribution in [0, 0.1) is 5.92 Å². The predicted octanol–water partition coefficient (Wildman–Crippen LogP) is 3.01. The van der Waals surface area contributed by atoms with Crippen molar-refractivity contribution in [2.75, 3.05) is 6.54 Å². The number of hydrogen-bond donors (Lipinski definition) is 1. The average molecular weight is 203 g/mol. The maximum absolute atomic E-state index is 3.62. The van der Waals surface area contributed by atoms with E-state index in [9.17, 15) is 0 Å². The fourth-order valence-corrected chi connectivity index (χ4v) is 2.43. The second-order valence-electron chi connectivity index (χ2n) is 4.80. The molecule has 1 saturated heterocycles. The summed E-state index contributed by atoms with van der Waals surface area (Å²) >= 11 is 0. The Kier molecular flexibility index (Phi) is 3.79. The molecule has 1 aliphatic rings. The van der Waals surface area contributed by atoms with Crippen LogP contribution in [-0.2, 0) is 6.42 Å². The molecular formula is C14H21N. The van der Waals surface area contributed by atoms with Crippen molar-refractivity contribution >= 4 is 0 Å². The fraction of sp³-hybridized carbons (Fsp3) is 0.571. The lowest BCUT2D eigenvalue weighted by atomic mass is 9.91. The zero-order valence-corrected chi connectivity index (χ0v) is 9.58. The molecular weight excluding hydrogens is 182 g/mol. The first-order valence-corrected chi connectivity index (χ1v) is 6.12. The molecule has 1 aromatic carbocycles. The van der Waals surface area contributed by atoms with Crippen LogP contribution in [0.2, 0.25) is 0 Å². The largest absolute Gasteiger partial charge is 0.314 e. The van der Waals surface area contributed by atoms with E-state index in [1.165, 1.54) is 37.8 Å². The number of piperidine rings is 1. The number of rotatable bonds is 3. The molecule has 1 nitrogen and oxygen atoms in total. The summed E-state index contributed by atoms with van der Waals surface area (Å²) < 4.78 is 0. The van der Waals surface area contributed by atoms with Crippen molar-refractivity contribution in [3.8, 4) is 0 Å². The van der Waals surface area contributed by atoms with Gasteiger partial charge in [0.1, 0.15) is 0 Å². The smallest absolute Gasteiger partial charge is 0.00727 e. The van der Waals surface area contributed by atoms with Gasteiger partial charge in [-0.25, -0.2) is 0 Å². The maximum atomic E-state index is 3.62. The molecule has 0 amide bonds. The Morgan fingerprint density at radius 2 is 2.07 bits per heavy atom. The van der Waals surface area contributed by atoms with Crippen LogP contribution in [-0.4, -0.2) is 12.6 Å². The van der Waals surface area contributed by atoms with Gasteiger partial charge in [-0.1, -0.05) is 37.3 Å². The van der Waals surface area contributed by atoms with E-state index in [2.05, 4.69) is 42.6 Å². The molecule has 1 aromatic rings. The topological polar surface area (TPSA) is 12.0 Å². The molecule has 0 spiro atoms. The molecule has 1 aliphatic heterocycles. The van der Waals surface area contributed by atoms with E-state index in [4.69, 9.17) is 0 Å². The molecule has 1 heterocycles. The van der Waals surface area contributed by atoms with Gasteiger partial charge >= 0.3 is 0 Å². The quantitative estimate of drug-likeness (QED) is 0.796. The molecule has 0 aromatic heterocycles. The van der Waals surface area contributed by atoms with Gasteiger partial charge in [0.2, 0.25) is 0 Å². The van der Waals surface area contributed by atoms with E-state index in [0.29, 0.717) is 0 Å². The van der Waals surface area contributed by atoms with Crippen molar-refractivity contribution in [1.82, 2.24) is 5.32 Å². The normalized spacial score (nSPS) is 26.5. The second-order valence-corrected chi connectivity index (χ2v) is 4.80. The van der Waals surface area contributed by atoms with E-state index in [1.807, 2.05) is 0 Å². The predicted molar refractivity (Wildman–Crippen MR) is 65.0 cm³/mol. The van der Waals surface area contributed by atoms with Crippen LogP contribution in [0.25, 0.3) is 0 Å². The van der Waals surface area contributed by atoms with Gasteiger partial charge in [0, 0.05) is 6.04 Å². The minimum Gasteiger partial charge on any atom is -0.314 e. The van der Waals surface area contributed by atoms with Crippen LogP contribution in [0.15, 0.2) is 30.3 Å². The van der Waals surface area contributed by atoms with Crippen LogP contribution in [0.1, 0.15) is 31.7 Å². The van der Waals surface area contributed by atoms with Crippen LogP contribution >= 0.6 is 0 Å². The lowest BCUT2D eigenvalue weighted by Crippen LogP contribution is -2.37. The van der Waals surface area contributed by atoms with Gasteiger partial charge in [-0.3, -0.25) is 0 Å². The minimum atomic E-state index is 0.744. The first-order chi connectivity index (χ1) is 7.34. The van der Waals surface area contributed by atoms with Crippen molar-refractivity contribution in [3.05, 3.63) is 35.9 Å². The number of nitrogens with one attached hydrogen (secondary N) is 1. The van der Waals surface area contributed by atoms with Crippen LogP contribution < -0.4 is 5.32 Å². The summed E-state index contributed by atoms with van der Waals surface area (Å²) in [5, 5.41) is 3.62. The Bertz CT molecular complexity index is 281. The maximum Gasteiger partial charge on any atom is 0.00727 e. The molecule has 15 heavy (non-hydrogen) atoms. The molecule has 1 fully saturated rings. The van der Waals surface area contributed by atoms with Crippen molar-refractivity contribution in [1.29, 1.82) is 0 Å². The monoisotopic (exact) mass is 203 g/mol. The van der Waals surface area contributed by atoms with E-state index in [1.54, 1.807) is 0 Å². The third-order valence-corrected chi connectivity index (χ3v) is 3.38. The first kappa shape index (κ1) is 10.7. The summed E-state index contributed by atoms with van der Waals surface area (Å²) in [6.45, 7) is 3.58. The van der Waals surface area contributed by atoms with Crippen molar-refractivity contribution in [2.45, 2.75) is 38.6 Å². The Labute approximate surface area is 92.9 Å². The van der Waals surface area contributed by atoms with Crippen molar-refractivity contribution < 1.29 is 0 Å². The van der Waals surface area contributed by atoms with Gasteiger partial charge in [-0.2, -0.15) is 0 Å². The molecule has 2 atom stereocenters. The molecule has 0 radical (unpaired) electrons. The standard InChI is InChI=1S/C14H21N/c1-12-9-10-15-14(11-12)8-7-13-5-3-2-4-6-13/h2-6,12,14-15H,7-11H2,1H3. The average Bonchev–Trinajstić information content (AvgIpc) is 2.28. The highest BCUT2D eigenvalue weighted by molar-refractivity contribution is 5.14. The Hall–Kier alpha value is -0.820. The van der Waals surface area contributed by atoms with Crippen molar-refractivity contribution in [3.63, 3.8) is 0 Å². The van der Waals surface area contributed by atoms with Crippen LogP contribution in [0.5, 0.6) is 0 Å². The van der Waals surface area contributed by atoms with Gasteiger partial charge in [0.05, 0.1) is 0 Å². The van der Waals surface area contributed by atoms with Crippen molar-refractivity contribution in [2.24, 2.45) is 5.92 Å². The Morgan fingerprint density at radius 3 is 2.80 bits per heavy atom. The summed E-state index contributed by atoms with van der Waals surface area (Å²) in [7, 11) is 0. The second kappa shape index (κ2) is 5.32. The first-order valence-electron chi connectivity index (χ1n) is 6.12. The summed E-state index contributed by atoms with van der Waals surface area (Å²) in [5.41, 5.74) is 1.47. The van der Waals surface area contributed by atoms with Gasteiger partial charge in [-0.05, 0) is 43.7 Å². The molecule has 2 rings (SSSR count). The summed E-state index contributed by atoms with van der Waals surface area (Å²) in [5.74, 6) is 0.909. The number of aryl methyl sites for hydroxylation is 1. The molecule has 0 bridgehead atoms. The van der Waals surface area contributed by atoms with Gasteiger partial charge in [0.15, 0.2) is 0 Å². The highest BCUT2D eigenvalue weighted by Crippen LogP contribution is 2.18. The van der Waals surface area contributed by atoms with Crippen LogP contribution in [0.4, 0.5) is 0 Å². The molecule has 0 saturated carbocycles. The van der Waals surface area contributed by atoms with Crippen LogP contribution in [0.3, 0.4) is 0 Å². The zero-order chi connectivity index (χ0) is 10.5. The zero-order valence-electron chi connectivity index (χ0n) is 9.58. The van der Waals surface area contributed by atoms with E-state index < -0.39 is 0 Å². The summed E-state index contributed by atoms with van der Waals surface area (Å²) in [6, 6.07) is 11.6. The summed E-state index contributed by atoms with van der Waals surface area (Å²) in [4.78, 5) is 0. The Balaban J connectivity index is 1.78.